The number of sulfonamides is 1. The summed E-state index contributed by atoms with van der Waals surface area (Å²) in [6.07, 6.45) is 0.841. The van der Waals surface area contributed by atoms with Gasteiger partial charge in [-0.25, -0.2) is 8.42 Å². The molecule has 2 N–H and O–H groups in total. The molecule has 2 rings (SSSR count). The lowest BCUT2D eigenvalue weighted by Gasteiger charge is -2.19. The predicted molar refractivity (Wildman–Crippen MR) is 79.1 cm³/mol. The van der Waals surface area contributed by atoms with E-state index in [1.807, 2.05) is 6.92 Å². The summed E-state index contributed by atoms with van der Waals surface area (Å²) in [5.74, 6) is 0.275. The third kappa shape index (κ3) is 2.82. The highest BCUT2D eigenvalue weighted by molar-refractivity contribution is 7.89. The van der Waals surface area contributed by atoms with Gasteiger partial charge in [0.05, 0.1) is 11.5 Å². The SMILES string of the molecule is COCC1CCN(S(=O)(=O)c2cc(C)cc(N)c2C)C1. The second kappa shape index (κ2) is 5.71. The van der Waals surface area contributed by atoms with Crippen LogP contribution in [0.1, 0.15) is 17.5 Å². The van der Waals surface area contributed by atoms with Gasteiger partial charge in [-0.3, -0.25) is 0 Å². The molecule has 1 aliphatic rings. The molecule has 1 aliphatic heterocycles. The minimum Gasteiger partial charge on any atom is -0.398 e. The smallest absolute Gasteiger partial charge is 0.243 e. The molecule has 0 spiro atoms. The molecule has 1 saturated heterocycles. The van der Waals surface area contributed by atoms with Crippen molar-refractivity contribution in [2.75, 3.05) is 32.5 Å². The molecular formula is C14H22N2O3S. The van der Waals surface area contributed by atoms with Crippen molar-refractivity contribution in [3.63, 3.8) is 0 Å². The van der Waals surface area contributed by atoms with Crippen molar-refractivity contribution in [3.8, 4) is 0 Å². The normalized spacial score (nSPS) is 20.4. The van der Waals surface area contributed by atoms with Crippen LogP contribution in [0.3, 0.4) is 0 Å². The Kier molecular flexibility index (Phi) is 4.36. The van der Waals surface area contributed by atoms with Gasteiger partial charge in [-0.1, -0.05) is 0 Å². The van der Waals surface area contributed by atoms with E-state index in [0.717, 1.165) is 12.0 Å². The minimum atomic E-state index is -3.47. The van der Waals surface area contributed by atoms with Gasteiger partial charge < -0.3 is 10.5 Å². The van der Waals surface area contributed by atoms with Crippen molar-refractivity contribution >= 4 is 15.7 Å². The molecule has 20 heavy (non-hydrogen) atoms. The predicted octanol–water partition coefficient (Wildman–Crippen LogP) is 1.54. The Hall–Kier alpha value is -1.11. The van der Waals surface area contributed by atoms with Crippen molar-refractivity contribution in [2.45, 2.75) is 25.2 Å². The lowest BCUT2D eigenvalue weighted by molar-refractivity contribution is 0.157. The fourth-order valence-electron chi connectivity index (χ4n) is 2.65. The van der Waals surface area contributed by atoms with Crippen LogP contribution in [0, 0.1) is 19.8 Å². The number of nitrogens with zero attached hydrogens (tertiary/aromatic N) is 1. The summed E-state index contributed by atoms with van der Waals surface area (Å²) in [6.45, 7) is 5.27. The first-order valence-corrected chi connectivity index (χ1v) is 8.16. The van der Waals surface area contributed by atoms with Crippen LogP contribution in [0.4, 0.5) is 5.69 Å². The van der Waals surface area contributed by atoms with Crippen LogP contribution >= 0.6 is 0 Å². The number of rotatable bonds is 4. The molecule has 0 amide bonds. The first-order chi connectivity index (χ1) is 9.36. The molecule has 0 aromatic heterocycles. The second-order valence-electron chi connectivity index (χ2n) is 5.45. The van der Waals surface area contributed by atoms with E-state index in [1.54, 1.807) is 26.2 Å². The molecular weight excluding hydrogens is 276 g/mol. The van der Waals surface area contributed by atoms with E-state index in [2.05, 4.69) is 0 Å². The topological polar surface area (TPSA) is 72.6 Å². The van der Waals surface area contributed by atoms with Crippen molar-refractivity contribution < 1.29 is 13.2 Å². The first-order valence-electron chi connectivity index (χ1n) is 6.72. The highest BCUT2D eigenvalue weighted by Gasteiger charge is 2.33. The second-order valence-corrected chi connectivity index (χ2v) is 7.36. The monoisotopic (exact) mass is 298 g/mol. The maximum absolute atomic E-state index is 12.7. The molecule has 5 nitrogen and oxygen atoms in total. The zero-order valence-electron chi connectivity index (χ0n) is 12.2. The standard InChI is InChI=1S/C14H22N2O3S/c1-10-6-13(15)11(2)14(7-10)20(17,18)16-5-4-12(8-16)9-19-3/h6-7,12H,4-5,8-9,15H2,1-3H3. The fraction of sp³-hybridized carbons (Fsp3) is 0.571. The number of methoxy groups -OCH3 is 1. The Morgan fingerprint density at radius 3 is 2.75 bits per heavy atom. The van der Waals surface area contributed by atoms with Crippen LogP contribution < -0.4 is 5.73 Å². The summed E-state index contributed by atoms with van der Waals surface area (Å²) < 4.78 is 32.1. The summed E-state index contributed by atoms with van der Waals surface area (Å²) in [7, 11) is -1.83. The van der Waals surface area contributed by atoms with E-state index in [-0.39, 0.29) is 5.92 Å². The molecule has 0 radical (unpaired) electrons. The van der Waals surface area contributed by atoms with Crippen LogP contribution in [-0.2, 0) is 14.8 Å². The average molecular weight is 298 g/mol. The van der Waals surface area contributed by atoms with Crippen molar-refractivity contribution in [2.24, 2.45) is 5.92 Å². The van der Waals surface area contributed by atoms with E-state index in [0.29, 0.717) is 35.8 Å². The molecule has 6 heteroatoms. The van der Waals surface area contributed by atoms with Crippen molar-refractivity contribution in [3.05, 3.63) is 23.3 Å². The molecule has 1 unspecified atom stereocenters. The number of ether oxygens (including phenoxy) is 1. The van der Waals surface area contributed by atoms with Crippen LogP contribution in [-0.4, -0.2) is 39.5 Å². The maximum Gasteiger partial charge on any atom is 0.243 e. The minimum absolute atomic E-state index is 0.275. The molecule has 1 fully saturated rings. The molecule has 1 atom stereocenters. The van der Waals surface area contributed by atoms with E-state index in [4.69, 9.17) is 10.5 Å². The summed E-state index contributed by atoms with van der Waals surface area (Å²) in [6, 6.07) is 3.50. The zero-order valence-corrected chi connectivity index (χ0v) is 13.0. The number of nitrogen functional groups attached to an aromatic ring is 1. The zero-order chi connectivity index (χ0) is 14.9. The molecule has 1 aromatic carbocycles. The van der Waals surface area contributed by atoms with Gasteiger partial charge >= 0.3 is 0 Å². The lowest BCUT2D eigenvalue weighted by Crippen LogP contribution is -2.30. The van der Waals surface area contributed by atoms with E-state index < -0.39 is 10.0 Å². The fourth-order valence-corrected chi connectivity index (χ4v) is 4.52. The quantitative estimate of drug-likeness (QED) is 0.856. The van der Waals surface area contributed by atoms with Crippen molar-refractivity contribution in [1.82, 2.24) is 4.31 Å². The van der Waals surface area contributed by atoms with E-state index >= 15 is 0 Å². The molecule has 112 valence electrons. The molecule has 0 bridgehead atoms. The maximum atomic E-state index is 12.7. The average Bonchev–Trinajstić information content (AvgIpc) is 2.83. The van der Waals surface area contributed by atoms with Gasteiger partial charge in [0.15, 0.2) is 0 Å². The summed E-state index contributed by atoms with van der Waals surface area (Å²) >= 11 is 0. The Morgan fingerprint density at radius 2 is 2.10 bits per heavy atom. The van der Waals surface area contributed by atoms with Gasteiger partial charge in [0.25, 0.3) is 0 Å². The Morgan fingerprint density at radius 1 is 1.40 bits per heavy atom. The van der Waals surface area contributed by atoms with Gasteiger partial charge in [0.1, 0.15) is 0 Å². The number of benzene rings is 1. The summed E-state index contributed by atoms with van der Waals surface area (Å²) in [5, 5.41) is 0. The Labute approximate surface area is 120 Å². The number of hydrogen-bond donors (Lipinski definition) is 1. The van der Waals surface area contributed by atoms with Gasteiger partial charge in [0.2, 0.25) is 10.0 Å². The largest absolute Gasteiger partial charge is 0.398 e. The third-order valence-corrected chi connectivity index (χ3v) is 5.80. The lowest BCUT2D eigenvalue weighted by atomic mass is 10.1. The molecule has 0 saturated carbocycles. The highest BCUT2D eigenvalue weighted by atomic mass is 32.2. The van der Waals surface area contributed by atoms with E-state index in [9.17, 15) is 8.42 Å². The van der Waals surface area contributed by atoms with Crippen LogP contribution in [0.5, 0.6) is 0 Å². The van der Waals surface area contributed by atoms with Crippen molar-refractivity contribution in [1.29, 1.82) is 0 Å². The highest BCUT2D eigenvalue weighted by Crippen LogP contribution is 2.29. The Bertz CT molecular complexity index is 599. The van der Waals surface area contributed by atoms with E-state index in [1.165, 1.54) is 4.31 Å². The molecule has 1 heterocycles. The summed E-state index contributed by atoms with van der Waals surface area (Å²) in [4.78, 5) is 0.327. The number of nitrogens with two attached hydrogens (primary N) is 1. The number of aryl methyl sites for hydroxylation is 1. The molecule has 0 aliphatic carbocycles. The summed E-state index contributed by atoms with van der Waals surface area (Å²) in [5.41, 5.74) is 7.90. The van der Waals surface area contributed by atoms with Gasteiger partial charge in [-0.2, -0.15) is 4.31 Å². The van der Waals surface area contributed by atoms with Crippen LogP contribution in [0.2, 0.25) is 0 Å². The Balaban J connectivity index is 2.32. The first kappa shape index (κ1) is 15.3. The van der Waals surface area contributed by atoms with Gasteiger partial charge in [-0.15, -0.1) is 0 Å². The van der Waals surface area contributed by atoms with Gasteiger partial charge in [0, 0.05) is 25.9 Å². The van der Waals surface area contributed by atoms with Crippen LogP contribution in [0.25, 0.3) is 0 Å². The number of anilines is 1. The third-order valence-electron chi connectivity index (χ3n) is 3.81. The number of hydrogen-bond acceptors (Lipinski definition) is 4. The van der Waals surface area contributed by atoms with Gasteiger partial charge in [-0.05, 0) is 49.4 Å². The molecule has 1 aromatic rings. The van der Waals surface area contributed by atoms with Crippen LogP contribution in [0.15, 0.2) is 17.0 Å².